The van der Waals surface area contributed by atoms with E-state index in [0.717, 1.165) is 54.9 Å². The number of nitrogens with two attached hydrogens (primary N) is 1. The third-order valence-electron chi connectivity index (χ3n) is 5.76. The summed E-state index contributed by atoms with van der Waals surface area (Å²) in [6, 6.07) is 13.5. The van der Waals surface area contributed by atoms with Gasteiger partial charge in [0.1, 0.15) is 5.84 Å². The molecule has 0 unspecified atom stereocenters. The van der Waals surface area contributed by atoms with E-state index in [2.05, 4.69) is 6.07 Å². The first-order chi connectivity index (χ1) is 14.0. The fourth-order valence-corrected chi connectivity index (χ4v) is 4.17. The van der Waals surface area contributed by atoms with E-state index in [4.69, 9.17) is 11.1 Å². The number of nitrogen functional groups attached to an aromatic ring is 1. The number of fused-ring (bicyclic) bond motifs is 1. The van der Waals surface area contributed by atoms with Gasteiger partial charge in [0.05, 0.1) is 0 Å². The number of rotatable bonds is 5. The zero-order chi connectivity index (χ0) is 20.4. The van der Waals surface area contributed by atoms with Crippen LogP contribution < -0.4 is 15.5 Å². The van der Waals surface area contributed by atoms with Crippen LogP contribution in [0.1, 0.15) is 42.4 Å². The van der Waals surface area contributed by atoms with Crippen molar-refractivity contribution in [2.75, 3.05) is 22.9 Å². The minimum absolute atomic E-state index is 0. The number of hydrogen-bond donors (Lipinski definition) is 2. The topological polar surface area (TPSA) is 90.5 Å². The van der Waals surface area contributed by atoms with Gasteiger partial charge in [-0.1, -0.05) is 24.3 Å². The van der Waals surface area contributed by atoms with E-state index < -0.39 is 0 Å². The highest BCUT2D eigenvalue weighted by Gasteiger charge is 2.26. The molecule has 2 aliphatic heterocycles. The number of carbonyl (C=O) groups is 2. The molecule has 2 aromatic carbocycles. The molecule has 2 aliphatic rings. The Morgan fingerprint density at radius 1 is 1.03 bits per heavy atom. The Labute approximate surface area is 183 Å². The first-order valence-electron chi connectivity index (χ1n) is 10.2. The second-order valence-electron chi connectivity index (χ2n) is 7.72. The molecule has 1 saturated heterocycles. The van der Waals surface area contributed by atoms with Crippen molar-refractivity contribution in [1.82, 2.24) is 0 Å². The van der Waals surface area contributed by atoms with Gasteiger partial charge in [0, 0.05) is 42.9 Å². The lowest BCUT2D eigenvalue weighted by atomic mass is 9.99. The summed E-state index contributed by atoms with van der Waals surface area (Å²) in [4.78, 5) is 28.7. The standard InChI is InChI=1S/C23H26N4O2.ClH/c24-23(25)17-8-5-16(6-9-17)7-12-22(29)27-14-1-3-18-15-19(10-11-20(18)27)26-13-2-4-21(26)28;/h5-6,8-11,15H,1-4,7,12-14H2,(H3,24,25);1H. The molecule has 30 heavy (non-hydrogen) atoms. The second kappa shape index (κ2) is 9.30. The number of hydrogen-bond acceptors (Lipinski definition) is 3. The van der Waals surface area contributed by atoms with Crippen LogP contribution in [-0.4, -0.2) is 30.7 Å². The summed E-state index contributed by atoms with van der Waals surface area (Å²) in [7, 11) is 0. The van der Waals surface area contributed by atoms with Gasteiger partial charge in [-0.2, -0.15) is 0 Å². The van der Waals surface area contributed by atoms with E-state index in [9.17, 15) is 9.59 Å². The molecule has 2 heterocycles. The molecule has 158 valence electrons. The highest BCUT2D eigenvalue weighted by molar-refractivity contribution is 5.98. The maximum atomic E-state index is 12.9. The zero-order valence-electron chi connectivity index (χ0n) is 16.9. The lowest BCUT2D eigenvalue weighted by Crippen LogP contribution is -2.35. The van der Waals surface area contributed by atoms with Crippen LogP contribution in [0.3, 0.4) is 0 Å². The molecule has 0 radical (unpaired) electrons. The van der Waals surface area contributed by atoms with Crippen LogP contribution in [0.4, 0.5) is 11.4 Å². The lowest BCUT2D eigenvalue weighted by Gasteiger charge is -2.31. The van der Waals surface area contributed by atoms with Gasteiger partial charge in [-0.05, 0) is 55.0 Å². The minimum Gasteiger partial charge on any atom is -0.384 e. The maximum absolute atomic E-state index is 12.9. The summed E-state index contributed by atoms with van der Waals surface area (Å²) < 4.78 is 0. The Morgan fingerprint density at radius 3 is 2.43 bits per heavy atom. The van der Waals surface area contributed by atoms with Gasteiger partial charge in [0.15, 0.2) is 0 Å². The third kappa shape index (κ3) is 4.49. The summed E-state index contributed by atoms with van der Waals surface area (Å²) in [5, 5.41) is 7.45. The lowest BCUT2D eigenvalue weighted by molar-refractivity contribution is -0.119. The molecular formula is C23H27ClN4O2. The summed E-state index contributed by atoms with van der Waals surface area (Å²) >= 11 is 0. The molecule has 0 bridgehead atoms. The molecule has 4 rings (SSSR count). The van der Waals surface area contributed by atoms with Crippen LogP contribution in [0.2, 0.25) is 0 Å². The average Bonchev–Trinajstić information content (AvgIpc) is 3.17. The van der Waals surface area contributed by atoms with Crippen molar-refractivity contribution in [3.63, 3.8) is 0 Å². The molecule has 0 spiro atoms. The fourth-order valence-electron chi connectivity index (χ4n) is 4.17. The third-order valence-corrected chi connectivity index (χ3v) is 5.76. The van der Waals surface area contributed by atoms with E-state index >= 15 is 0 Å². The van der Waals surface area contributed by atoms with Crippen LogP contribution in [0, 0.1) is 5.41 Å². The first-order valence-corrected chi connectivity index (χ1v) is 10.2. The molecule has 0 aliphatic carbocycles. The molecular weight excluding hydrogens is 400 g/mol. The zero-order valence-corrected chi connectivity index (χ0v) is 17.7. The Hall–Kier alpha value is -2.86. The number of nitrogens with one attached hydrogen (secondary N) is 1. The number of halogens is 1. The smallest absolute Gasteiger partial charge is 0.227 e. The van der Waals surface area contributed by atoms with Gasteiger partial charge in [0.2, 0.25) is 11.8 Å². The predicted molar refractivity (Wildman–Crippen MR) is 122 cm³/mol. The average molecular weight is 427 g/mol. The second-order valence-corrected chi connectivity index (χ2v) is 7.72. The molecule has 7 heteroatoms. The van der Waals surface area contributed by atoms with Gasteiger partial charge in [0.25, 0.3) is 0 Å². The van der Waals surface area contributed by atoms with E-state index in [1.54, 1.807) is 0 Å². The highest BCUT2D eigenvalue weighted by Crippen LogP contribution is 2.33. The first kappa shape index (κ1) is 21.8. The molecule has 2 amide bonds. The Kier molecular flexibility index (Phi) is 6.77. The number of carbonyl (C=O) groups excluding carboxylic acids is 2. The van der Waals surface area contributed by atoms with Crippen LogP contribution in [-0.2, 0) is 22.4 Å². The van der Waals surface area contributed by atoms with Gasteiger partial charge >= 0.3 is 0 Å². The number of amides is 2. The number of anilines is 2. The summed E-state index contributed by atoms with van der Waals surface area (Å²) in [5.74, 6) is 0.351. The SMILES string of the molecule is Cl.N=C(N)c1ccc(CCC(=O)N2CCCc3cc(N4CCCC4=O)ccc32)cc1. The van der Waals surface area contributed by atoms with Crippen molar-refractivity contribution < 1.29 is 9.59 Å². The molecule has 3 N–H and O–H groups in total. The monoisotopic (exact) mass is 426 g/mol. The molecule has 0 atom stereocenters. The summed E-state index contributed by atoms with van der Waals surface area (Å²) in [6.07, 6.45) is 4.49. The minimum atomic E-state index is 0. The van der Waals surface area contributed by atoms with Gasteiger partial charge in [-0.15, -0.1) is 12.4 Å². The quantitative estimate of drug-likeness (QED) is 0.566. The largest absolute Gasteiger partial charge is 0.384 e. The number of benzene rings is 2. The molecule has 1 fully saturated rings. The summed E-state index contributed by atoms with van der Waals surface area (Å²) in [6.45, 7) is 1.51. The maximum Gasteiger partial charge on any atom is 0.227 e. The van der Waals surface area contributed by atoms with E-state index in [1.165, 1.54) is 0 Å². The van der Waals surface area contributed by atoms with Crippen LogP contribution in [0.5, 0.6) is 0 Å². The van der Waals surface area contributed by atoms with E-state index in [0.29, 0.717) is 24.8 Å². The van der Waals surface area contributed by atoms with Gasteiger partial charge in [-0.3, -0.25) is 15.0 Å². The Morgan fingerprint density at radius 2 is 1.77 bits per heavy atom. The van der Waals surface area contributed by atoms with E-state index in [-0.39, 0.29) is 30.1 Å². The van der Waals surface area contributed by atoms with Gasteiger partial charge in [-0.25, -0.2) is 0 Å². The molecule has 2 aromatic rings. The van der Waals surface area contributed by atoms with E-state index in [1.807, 2.05) is 46.2 Å². The molecule has 0 saturated carbocycles. The van der Waals surface area contributed by atoms with Crippen molar-refractivity contribution in [2.45, 2.75) is 38.5 Å². The van der Waals surface area contributed by atoms with Crippen molar-refractivity contribution in [3.8, 4) is 0 Å². The number of aryl methyl sites for hydroxylation is 2. The van der Waals surface area contributed by atoms with Gasteiger partial charge < -0.3 is 15.5 Å². The van der Waals surface area contributed by atoms with Crippen molar-refractivity contribution in [1.29, 1.82) is 5.41 Å². The van der Waals surface area contributed by atoms with Crippen LogP contribution in [0.15, 0.2) is 42.5 Å². The Bertz CT molecular complexity index is 958. The summed E-state index contributed by atoms with van der Waals surface area (Å²) in [5.41, 5.74) is 10.3. The normalized spacial score (nSPS) is 15.5. The van der Waals surface area contributed by atoms with Crippen LogP contribution in [0.25, 0.3) is 0 Å². The van der Waals surface area contributed by atoms with Crippen molar-refractivity contribution >= 4 is 41.4 Å². The predicted octanol–water partition coefficient (Wildman–Crippen LogP) is 3.43. The number of nitrogens with zero attached hydrogens (tertiary/aromatic N) is 2. The number of amidine groups is 1. The van der Waals surface area contributed by atoms with Crippen LogP contribution >= 0.6 is 12.4 Å². The highest BCUT2D eigenvalue weighted by atomic mass is 35.5. The fraction of sp³-hybridized carbons (Fsp3) is 0.348. The van der Waals surface area contributed by atoms with Crippen molar-refractivity contribution in [3.05, 3.63) is 59.2 Å². The van der Waals surface area contributed by atoms with Crippen molar-refractivity contribution in [2.24, 2.45) is 5.73 Å². The Balaban J connectivity index is 0.00000256. The molecule has 0 aromatic heterocycles. The molecule has 6 nitrogen and oxygen atoms in total.